The fraction of sp³-hybridized carbons (Fsp3) is 0.696. The lowest BCUT2D eigenvalue weighted by Crippen LogP contribution is -2.49. The van der Waals surface area contributed by atoms with Crippen LogP contribution >= 0.6 is 0 Å². The van der Waals surface area contributed by atoms with E-state index in [2.05, 4.69) is 0 Å². The minimum Gasteiger partial charge on any atom is -0.444 e. The first-order valence-electron chi connectivity index (χ1n) is 11.3. The Hall–Kier alpha value is -1.58. The molecular formula is C23H36BNO6S. The predicted molar refractivity (Wildman–Crippen MR) is 125 cm³/mol. The van der Waals surface area contributed by atoms with E-state index in [0.717, 1.165) is 12.8 Å². The molecule has 2 fully saturated rings. The number of piperidine rings is 1. The lowest BCUT2D eigenvalue weighted by Gasteiger charge is -2.36. The second-order valence-electron chi connectivity index (χ2n) is 10.8. The number of carbonyl (C=O) groups excluding carboxylic acids is 1. The number of nitrogens with zero attached hydrogens (tertiary/aromatic N) is 1. The van der Waals surface area contributed by atoms with Crippen molar-refractivity contribution in [3.05, 3.63) is 24.3 Å². The van der Waals surface area contributed by atoms with Gasteiger partial charge in [0.2, 0.25) is 0 Å². The van der Waals surface area contributed by atoms with Crippen molar-refractivity contribution in [2.45, 2.75) is 95.5 Å². The third kappa shape index (κ3) is 5.49. The molecular weight excluding hydrogens is 429 g/mol. The third-order valence-corrected chi connectivity index (χ3v) is 8.21. The van der Waals surface area contributed by atoms with Crippen LogP contribution in [0.3, 0.4) is 0 Å². The van der Waals surface area contributed by atoms with Crippen LogP contribution in [-0.2, 0) is 23.9 Å². The molecule has 0 saturated carbocycles. The van der Waals surface area contributed by atoms with Crippen molar-refractivity contribution in [3.8, 4) is 0 Å². The van der Waals surface area contributed by atoms with Crippen LogP contribution in [0.1, 0.15) is 67.7 Å². The Bertz CT molecular complexity index is 937. The van der Waals surface area contributed by atoms with Gasteiger partial charge in [0.25, 0.3) is 0 Å². The lowest BCUT2D eigenvalue weighted by atomic mass is 9.79. The summed E-state index contributed by atoms with van der Waals surface area (Å²) in [7, 11) is -4.28. The number of rotatable bonds is 4. The van der Waals surface area contributed by atoms with Gasteiger partial charge in [-0.15, -0.1) is 0 Å². The van der Waals surface area contributed by atoms with Crippen LogP contribution in [0.4, 0.5) is 4.79 Å². The molecule has 178 valence electrons. The number of sulfone groups is 1. The van der Waals surface area contributed by atoms with Gasteiger partial charge in [-0.25, -0.2) is 13.2 Å². The minimum absolute atomic E-state index is 0.140. The van der Waals surface area contributed by atoms with Gasteiger partial charge in [-0.1, -0.05) is 12.1 Å². The van der Waals surface area contributed by atoms with Crippen LogP contribution in [0, 0.1) is 0 Å². The molecule has 0 spiro atoms. The number of likely N-dealkylation sites (tertiary alicyclic amines) is 1. The van der Waals surface area contributed by atoms with Gasteiger partial charge in [0, 0.05) is 12.6 Å². The highest BCUT2D eigenvalue weighted by Gasteiger charge is 2.51. The van der Waals surface area contributed by atoms with E-state index in [4.69, 9.17) is 14.0 Å². The summed E-state index contributed by atoms with van der Waals surface area (Å²) in [6, 6.07) is 6.32. The zero-order chi connectivity index (χ0) is 23.9. The average Bonchev–Trinajstić information content (AvgIpc) is 2.88. The van der Waals surface area contributed by atoms with Gasteiger partial charge in [-0.2, -0.15) is 0 Å². The smallest absolute Gasteiger partial charge is 0.444 e. The highest BCUT2D eigenvalue weighted by Crippen LogP contribution is 2.36. The molecule has 0 bridgehead atoms. The maximum Gasteiger partial charge on any atom is 0.494 e. The lowest BCUT2D eigenvalue weighted by molar-refractivity contribution is 0.00578. The standard InChI is InChI=1S/C23H36BNO6S/c1-21(2,3)29-20(26)25-14-9-8-12-18(25)16-32(27,28)19-13-10-11-17(15-19)24-30-22(4,5)23(6,7)31-24/h10-11,13,15,18H,8-9,12,14,16H2,1-7H3. The molecule has 2 saturated heterocycles. The zero-order valence-electron chi connectivity index (χ0n) is 20.3. The molecule has 0 aliphatic carbocycles. The summed E-state index contributed by atoms with van der Waals surface area (Å²) in [6.45, 7) is 13.8. The Morgan fingerprint density at radius 2 is 1.78 bits per heavy atom. The zero-order valence-corrected chi connectivity index (χ0v) is 21.1. The van der Waals surface area contributed by atoms with Crippen LogP contribution in [0.25, 0.3) is 0 Å². The Balaban J connectivity index is 1.79. The topological polar surface area (TPSA) is 82.1 Å². The van der Waals surface area contributed by atoms with Gasteiger partial charge < -0.3 is 18.9 Å². The number of benzene rings is 1. The number of amides is 1. The Morgan fingerprint density at radius 1 is 1.16 bits per heavy atom. The molecule has 1 unspecified atom stereocenters. The Labute approximate surface area is 192 Å². The third-order valence-electron chi connectivity index (χ3n) is 6.41. The van der Waals surface area contributed by atoms with E-state index in [1.54, 1.807) is 23.1 Å². The van der Waals surface area contributed by atoms with E-state index in [-0.39, 0.29) is 10.6 Å². The van der Waals surface area contributed by atoms with Gasteiger partial charge in [0.05, 0.1) is 21.9 Å². The van der Waals surface area contributed by atoms with Crippen LogP contribution < -0.4 is 5.46 Å². The van der Waals surface area contributed by atoms with Crippen molar-refractivity contribution in [1.82, 2.24) is 4.90 Å². The Morgan fingerprint density at radius 3 is 2.38 bits per heavy atom. The number of hydrogen-bond donors (Lipinski definition) is 0. The van der Waals surface area contributed by atoms with Crippen molar-refractivity contribution in [1.29, 1.82) is 0 Å². The molecule has 3 rings (SSSR count). The number of hydrogen-bond acceptors (Lipinski definition) is 6. The molecule has 1 amide bonds. The maximum atomic E-state index is 13.3. The average molecular weight is 465 g/mol. The molecule has 1 aromatic carbocycles. The molecule has 0 aromatic heterocycles. The van der Waals surface area contributed by atoms with Gasteiger partial charge in [-0.3, -0.25) is 0 Å². The fourth-order valence-electron chi connectivity index (χ4n) is 3.92. The van der Waals surface area contributed by atoms with Crippen LogP contribution in [-0.4, -0.2) is 61.7 Å². The quantitative estimate of drug-likeness (QED) is 0.633. The van der Waals surface area contributed by atoms with E-state index in [0.29, 0.717) is 18.4 Å². The van der Waals surface area contributed by atoms with E-state index < -0.39 is 45.9 Å². The minimum atomic E-state index is -3.64. The SMILES string of the molecule is CC(C)(C)OC(=O)N1CCCCC1CS(=O)(=O)c1cccc(B2OC(C)(C)C(C)(C)O2)c1. The largest absolute Gasteiger partial charge is 0.494 e. The molecule has 0 radical (unpaired) electrons. The summed E-state index contributed by atoms with van der Waals surface area (Å²) in [4.78, 5) is 14.5. The monoisotopic (exact) mass is 465 g/mol. The molecule has 2 heterocycles. The molecule has 2 aliphatic heterocycles. The van der Waals surface area contributed by atoms with Gasteiger partial charge in [-0.05, 0) is 85.3 Å². The molecule has 32 heavy (non-hydrogen) atoms. The molecule has 1 aromatic rings. The van der Waals surface area contributed by atoms with Gasteiger partial charge in [0.15, 0.2) is 9.84 Å². The summed E-state index contributed by atoms with van der Waals surface area (Å²) in [5, 5.41) is 0. The highest BCUT2D eigenvalue weighted by atomic mass is 32.2. The number of ether oxygens (including phenoxy) is 1. The van der Waals surface area contributed by atoms with E-state index in [1.165, 1.54) is 0 Å². The summed E-state index contributed by atoms with van der Waals surface area (Å²) >= 11 is 0. The normalized spacial score (nSPS) is 23.3. The van der Waals surface area contributed by atoms with Crippen molar-refractivity contribution in [3.63, 3.8) is 0 Å². The second-order valence-corrected chi connectivity index (χ2v) is 12.8. The molecule has 1 atom stereocenters. The van der Waals surface area contributed by atoms with Crippen LogP contribution in [0.5, 0.6) is 0 Å². The second kappa shape index (κ2) is 8.65. The van der Waals surface area contributed by atoms with Crippen molar-refractivity contribution < 1.29 is 27.3 Å². The van der Waals surface area contributed by atoms with E-state index in [1.807, 2.05) is 54.5 Å². The number of carbonyl (C=O) groups is 1. The van der Waals surface area contributed by atoms with Crippen molar-refractivity contribution in [2.75, 3.05) is 12.3 Å². The fourth-order valence-corrected chi connectivity index (χ4v) is 5.57. The molecule has 0 N–H and O–H groups in total. The van der Waals surface area contributed by atoms with Crippen molar-refractivity contribution >= 4 is 28.5 Å². The van der Waals surface area contributed by atoms with Crippen LogP contribution in [0.2, 0.25) is 0 Å². The Kier molecular flexibility index (Phi) is 6.77. The van der Waals surface area contributed by atoms with Crippen LogP contribution in [0.15, 0.2) is 29.2 Å². The first kappa shape index (κ1) is 25.1. The predicted octanol–water partition coefficient (Wildman–Crippen LogP) is 3.55. The molecule has 9 heteroatoms. The summed E-state index contributed by atoms with van der Waals surface area (Å²) in [5.74, 6) is -0.140. The molecule has 7 nitrogen and oxygen atoms in total. The van der Waals surface area contributed by atoms with Gasteiger partial charge >= 0.3 is 13.2 Å². The maximum absolute atomic E-state index is 13.3. The summed E-state index contributed by atoms with van der Waals surface area (Å²) in [5.41, 5.74) is -0.988. The first-order chi connectivity index (χ1) is 14.6. The summed E-state index contributed by atoms with van der Waals surface area (Å²) < 4.78 is 44.3. The molecule has 2 aliphatic rings. The van der Waals surface area contributed by atoms with E-state index in [9.17, 15) is 13.2 Å². The van der Waals surface area contributed by atoms with E-state index >= 15 is 0 Å². The highest BCUT2D eigenvalue weighted by molar-refractivity contribution is 7.91. The first-order valence-corrected chi connectivity index (χ1v) is 12.9. The van der Waals surface area contributed by atoms with Crippen molar-refractivity contribution in [2.24, 2.45) is 0 Å². The van der Waals surface area contributed by atoms with Gasteiger partial charge in [0.1, 0.15) is 5.60 Å². The summed E-state index contributed by atoms with van der Waals surface area (Å²) in [6.07, 6.45) is 1.90.